The third-order valence-electron chi connectivity index (χ3n) is 3.97. The number of fused-ring (bicyclic) bond motifs is 1. The van der Waals surface area contributed by atoms with Gasteiger partial charge in [-0.2, -0.15) is 0 Å². The molecule has 0 aromatic rings. The van der Waals surface area contributed by atoms with E-state index in [1.807, 2.05) is 55.4 Å². The Balaban J connectivity index is -0.000000256. The minimum atomic E-state index is 1.16. The number of hydrogen-bond donors (Lipinski definition) is 0. The lowest BCUT2D eigenvalue weighted by Crippen LogP contribution is -2.22. The van der Waals surface area contributed by atoms with Gasteiger partial charge in [-0.1, -0.05) is 79.1 Å². The first-order valence-electron chi connectivity index (χ1n) is 9.47. The first-order valence-corrected chi connectivity index (χ1v) is 9.47. The van der Waals surface area contributed by atoms with Crippen molar-refractivity contribution >= 4 is 0 Å². The van der Waals surface area contributed by atoms with Gasteiger partial charge in [-0.15, -0.1) is 23.7 Å². The summed E-state index contributed by atoms with van der Waals surface area (Å²) < 4.78 is 0. The molecule has 0 atom stereocenters. The average Bonchev–Trinajstić information content (AvgIpc) is 2.65. The number of hydrogen-bond acceptors (Lipinski definition) is 0. The van der Waals surface area contributed by atoms with E-state index >= 15 is 0 Å². The normalized spacial score (nSPS) is 20.4. The summed E-state index contributed by atoms with van der Waals surface area (Å²) in [5.41, 5.74) is 0. The van der Waals surface area contributed by atoms with Crippen LogP contribution in [0, 0.1) is 35.5 Å². The highest BCUT2D eigenvalue weighted by atomic mass is 14.3. The van der Waals surface area contributed by atoms with Crippen molar-refractivity contribution in [3.8, 4) is 23.7 Å². The van der Waals surface area contributed by atoms with Gasteiger partial charge in [0, 0.05) is 0 Å². The molecule has 22 heavy (non-hydrogen) atoms. The van der Waals surface area contributed by atoms with E-state index in [9.17, 15) is 0 Å². The molecule has 0 nitrogen and oxygen atoms in total. The van der Waals surface area contributed by atoms with Gasteiger partial charge in [0.2, 0.25) is 0 Å². The smallest absolute Gasteiger partial charge is 0.00271 e. The topological polar surface area (TPSA) is 0 Å². The molecule has 0 unspecified atom stereocenters. The van der Waals surface area contributed by atoms with Gasteiger partial charge < -0.3 is 0 Å². The van der Waals surface area contributed by atoms with Crippen molar-refractivity contribution in [3.63, 3.8) is 0 Å². The molecule has 2 saturated carbocycles. The second-order valence-corrected chi connectivity index (χ2v) is 5.09. The molecule has 0 N–H and O–H groups in total. The fourth-order valence-electron chi connectivity index (χ4n) is 2.86. The van der Waals surface area contributed by atoms with Crippen LogP contribution < -0.4 is 0 Å². The van der Waals surface area contributed by atoms with E-state index in [0.29, 0.717) is 0 Å². The van der Waals surface area contributed by atoms with Crippen LogP contribution in [-0.2, 0) is 0 Å². The van der Waals surface area contributed by atoms with Crippen LogP contribution >= 0.6 is 0 Å². The molecule has 2 aliphatic carbocycles. The molecule has 0 aliphatic heterocycles. The van der Waals surface area contributed by atoms with Gasteiger partial charge >= 0.3 is 0 Å². The lowest BCUT2D eigenvalue weighted by Gasteiger charge is -2.35. The largest absolute Gasteiger partial charge is 0.107 e. The second-order valence-electron chi connectivity index (χ2n) is 5.09. The van der Waals surface area contributed by atoms with Gasteiger partial charge in [-0.25, -0.2) is 0 Å². The highest BCUT2D eigenvalue weighted by Gasteiger charge is 2.26. The first-order chi connectivity index (χ1) is 10.8. The van der Waals surface area contributed by atoms with Gasteiger partial charge in [-0.3, -0.25) is 0 Å². The first kappa shape index (κ1) is 26.0. The summed E-state index contributed by atoms with van der Waals surface area (Å²) >= 11 is 0. The van der Waals surface area contributed by atoms with Crippen molar-refractivity contribution < 1.29 is 0 Å². The molecule has 2 rings (SSSR count). The fraction of sp³-hybridized carbons (Fsp3) is 0.818. The molecule has 0 saturated heterocycles. The molecule has 0 heteroatoms. The molecule has 0 bridgehead atoms. The van der Waals surface area contributed by atoms with Crippen molar-refractivity contribution in [2.45, 2.75) is 107 Å². The van der Waals surface area contributed by atoms with Crippen LogP contribution in [0.1, 0.15) is 107 Å². The van der Waals surface area contributed by atoms with Gasteiger partial charge in [0.1, 0.15) is 0 Å². The highest BCUT2D eigenvalue weighted by molar-refractivity contribution is 4.89. The molecule has 0 spiro atoms. The Hall–Kier alpha value is -0.880. The second kappa shape index (κ2) is 25.1. The summed E-state index contributed by atoms with van der Waals surface area (Å²) in [5, 5.41) is 0. The van der Waals surface area contributed by atoms with Crippen LogP contribution in [0.15, 0.2) is 0 Å². The Morgan fingerprint density at radius 1 is 0.455 bits per heavy atom. The summed E-state index contributed by atoms with van der Waals surface area (Å²) in [7, 11) is 0. The van der Waals surface area contributed by atoms with Gasteiger partial charge in [-0.05, 0) is 39.5 Å². The van der Waals surface area contributed by atoms with Gasteiger partial charge in [0.15, 0.2) is 0 Å². The monoisotopic (exact) mass is 306 g/mol. The molecule has 0 aromatic heterocycles. The third kappa shape index (κ3) is 17.2. The van der Waals surface area contributed by atoms with Crippen LogP contribution in [-0.4, -0.2) is 0 Å². The molecule has 2 aliphatic rings. The summed E-state index contributed by atoms with van der Waals surface area (Å²) in [4.78, 5) is 0. The molecular weight excluding hydrogens is 264 g/mol. The van der Waals surface area contributed by atoms with E-state index in [1.165, 1.54) is 25.7 Å². The summed E-state index contributed by atoms with van der Waals surface area (Å²) in [6.45, 7) is 15.3. The predicted molar refractivity (Wildman–Crippen MR) is 105 cm³/mol. The van der Waals surface area contributed by atoms with E-state index in [1.54, 1.807) is 25.7 Å². The fourth-order valence-corrected chi connectivity index (χ4v) is 2.86. The Morgan fingerprint density at radius 2 is 0.636 bits per heavy atom. The van der Waals surface area contributed by atoms with E-state index in [-0.39, 0.29) is 0 Å². The standard InChI is InChI=1S/C10H18.2C4H6.2C2H6/c1-2-6-10-8-4-3-7-9(10)5-1;2*1-3-4-2;2*1-2/h9-10H,1-8H2;2*1-2H3;2*1-2H3. The van der Waals surface area contributed by atoms with E-state index < -0.39 is 0 Å². The quantitative estimate of drug-likeness (QED) is 0.407. The molecule has 0 amide bonds. The van der Waals surface area contributed by atoms with Gasteiger partial charge in [0.05, 0.1) is 0 Å². The Morgan fingerprint density at radius 3 is 0.773 bits per heavy atom. The molecular formula is C22H42. The van der Waals surface area contributed by atoms with E-state index in [4.69, 9.17) is 0 Å². The van der Waals surface area contributed by atoms with Crippen molar-refractivity contribution in [1.29, 1.82) is 0 Å². The van der Waals surface area contributed by atoms with Crippen molar-refractivity contribution in [1.82, 2.24) is 0 Å². The maximum Gasteiger partial charge on any atom is -0.00271 e. The average molecular weight is 307 g/mol. The SMILES string of the molecule is C1CCC2CCCCC2C1.CC.CC.CC#CC.CC#CC. The zero-order valence-electron chi connectivity index (χ0n) is 16.8. The zero-order chi connectivity index (χ0) is 17.6. The minimum Gasteiger partial charge on any atom is -0.107 e. The maximum absolute atomic E-state index is 2.68. The van der Waals surface area contributed by atoms with Crippen LogP contribution in [0.2, 0.25) is 0 Å². The van der Waals surface area contributed by atoms with Crippen molar-refractivity contribution in [2.24, 2.45) is 11.8 Å². The van der Waals surface area contributed by atoms with E-state index in [0.717, 1.165) is 11.8 Å². The molecule has 2 fully saturated rings. The van der Waals surface area contributed by atoms with Crippen molar-refractivity contribution in [2.75, 3.05) is 0 Å². The van der Waals surface area contributed by atoms with Crippen molar-refractivity contribution in [3.05, 3.63) is 0 Å². The third-order valence-corrected chi connectivity index (χ3v) is 3.97. The molecule has 0 aromatic carbocycles. The lowest BCUT2D eigenvalue weighted by atomic mass is 9.71. The number of rotatable bonds is 0. The molecule has 0 heterocycles. The predicted octanol–water partition coefficient (Wildman–Crippen LogP) is 7.48. The van der Waals surface area contributed by atoms with E-state index in [2.05, 4.69) is 23.7 Å². The Kier molecular flexibility index (Phi) is 29.7. The van der Waals surface area contributed by atoms with Crippen LogP contribution in [0.25, 0.3) is 0 Å². The zero-order valence-corrected chi connectivity index (χ0v) is 16.8. The highest BCUT2D eigenvalue weighted by Crippen LogP contribution is 2.39. The van der Waals surface area contributed by atoms with Gasteiger partial charge in [0.25, 0.3) is 0 Å². The molecule has 0 radical (unpaired) electrons. The minimum absolute atomic E-state index is 1.16. The molecule has 130 valence electrons. The maximum atomic E-state index is 2.68. The van der Waals surface area contributed by atoms with Crippen LogP contribution in [0.5, 0.6) is 0 Å². The lowest BCUT2D eigenvalue weighted by molar-refractivity contribution is 0.171. The van der Waals surface area contributed by atoms with Crippen LogP contribution in [0.3, 0.4) is 0 Å². The summed E-state index contributed by atoms with van der Waals surface area (Å²) in [6, 6.07) is 0. The summed E-state index contributed by atoms with van der Waals surface area (Å²) in [5.74, 6) is 13.0. The van der Waals surface area contributed by atoms with Crippen LogP contribution in [0.4, 0.5) is 0 Å². The Labute approximate surface area is 142 Å². The Bertz CT molecular complexity index is 235. The summed E-state index contributed by atoms with van der Waals surface area (Å²) in [6.07, 6.45) is 12.4.